The Morgan fingerprint density at radius 2 is 1.96 bits per heavy atom. The largest absolute Gasteiger partial charge is 0.481 e. The average molecular weight is 386 g/mol. The Labute approximate surface area is 151 Å². The van der Waals surface area contributed by atoms with Crippen molar-refractivity contribution in [1.29, 1.82) is 0 Å². The summed E-state index contributed by atoms with van der Waals surface area (Å²) in [5.74, 6) is -1.31. The van der Waals surface area contributed by atoms with E-state index in [0.717, 1.165) is 12.1 Å². The molecular weight excluding hydrogens is 369 g/mol. The number of aromatic nitrogens is 1. The number of halogens is 3. The number of carboxylic acid groups (broad SMARTS) is 1. The van der Waals surface area contributed by atoms with Crippen LogP contribution in [-0.4, -0.2) is 40.0 Å². The van der Waals surface area contributed by atoms with Crippen LogP contribution >= 0.6 is 11.3 Å². The molecule has 0 spiro atoms. The highest BCUT2D eigenvalue weighted by atomic mass is 32.1. The van der Waals surface area contributed by atoms with E-state index in [0.29, 0.717) is 42.1 Å². The number of likely N-dealkylation sites (tertiary alicyclic amines) is 1. The second-order valence-corrected chi connectivity index (χ2v) is 7.40. The molecule has 1 aliphatic heterocycles. The number of fused-ring (bicyclic) bond motifs is 1. The van der Waals surface area contributed by atoms with Gasteiger partial charge in [-0.1, -0.05) is 0 Å². The molecule has 0 bridgehead atoms. The zero-order valence-electron chi connectivity index (χ0n) is 13.8. The van der Waals surface area contributed by atoms with Crippen LogP contribution in [0.3, 0.4) is 0 Å². The van der Waals surface area contributed by atoms with Gasteiger partial charge in [0, 0.05) is 25.9 Å². The molecule has 1 aromatic carbocycles. The summed E-state index contributed by atoms with van der Waals surface area (Å²) in [4.78, 5) is 29.0. The predicted molar refractivity (Wildman–Crippen MR) is 89.9 cm³/mol. The summed E-state index contributed by atoms with van der Waals surface area (Å²) in [5, 5.41) is 9.59. The molecule has 26 heavy (non-hydrogen) atoms. The number of benzene rings is 1. The van der Waals surface area contributed by atoms with Crippen molar-refractivity contribution in [2.24, 2.45) is 5.92 Å². The number of carbonyl (C=O) groups is 2. The summed E-state index contributed by atoms with van der Waals surface area (Å²) >= 11 is 1.28. The van der Waals surface area contributed by atoms with E-state index in [2.05, 4.69) is 4.98 Å². The molecule has 1 amide bonds. The van der Waals surface area contributed by atoms with Crippen molar-refractivity contribution in [2.45, 2.75) is 31.9 Å². The standard InChI is InChI=1S/C17H17F3N2O3S/c18-17(19,20)11-1-2-13-12(9-11)21-14(26-13)3-4-15(23)22-7-5-10(6-8-22)16(24)25/h1-2,9-10H,3-8H2,(H,24,25). The molecule has 0 radical (unpaired) electrons. The van der Waals surface area contributed by atoms with Gasteiger partial charge in [0.15, 0.2) is 0 Å². The normalized spacial score (nSPS) is 16.2. The maximum Gasteiger partial charge on any atom is 0.416 e. The minimum absolute atomic E-state index is 0.0796. The first-order chi connectivity index (χ1) is 12.2. The second-order valence-electron chi connectivity index (χ2n) is 6.28. The summed E-state index contributed by atoms with van der Waals surface area (Å²) in [6, 6.07) is 3.45. The van der Waals surface area contributed by atoms with Crippen LogP contribution in [0.2, 0.25) is 0 Å². The Hall–Kier alpha value is -2.16. The number of thiazole rings is 1. The van der Waals surface area contributed by atoms with Gasteiger partial charge in [-0.15, -0.1) is 11.3 Å². The maximum atomic E-state index is 12.7. The number of alkyl halides is 3. The highest BCUT2D eigenvalue weighted by Crippen LogP contribution is 2.33. The quantitative estimate of drug-likeness (QED) is 0.872. The number of hydrogen-bond acceptors (Lipinski definition) is 4. The van der Waals surface area contributed by atoms with Gasteiger partial charge in [-0.25, -0.2) is 4.98 Å². The Morgan fingerprint density at radius 3 is 2.58 bits per heavy atom. The second kappa shape index (κ2) is 7.22. The van der Waals surface area contributed by atoms with E-state index in [1.165, 1.54) is 17.4 Å². The molecule has 1 aromatic heterocycles. The third kappa shape index (κ3) is 4.14. The Bertz CT molecular complexity index is 826. The maximum absolute atomic E-state index is 12.7. The Morgan fingerprint density at radius 1 is 1.27 bits per heavy atom. The van der Waals surface area contributed by atoms with Gasteiger partial charge in [-0.3, -0.25) is 9.59 Å². The van der Waals surface area contributed by atoms with E-state index in [-0.39, 0.29) is 17.8 Å². The minimum Gasteiger partial charge on any atom is -0.481 e. The molecular formula is C17H17F3N2O3S. The number of carbonyl (C=O) groups excluding carboxylic acids is 1. The molecule has 0 atom stereocenters. The summed E-state index contributed by atoms with van der Waals surface area (Å²) in [5.41, 5.74) is -0.450. The molecule has 1 aliphatic rings. The van der Waals surface area contributed by atoms with E-state index < -0.39 is 23.6 Å². The van der Waals surface area contributed by atoms with Crippen LogP contribution < -0.4 is 0 Å². The molecule has 9 heteroatoms. The number of piperidine rings is 1. The molecule has 0 saturated carbocycles. The molecule has 1 fully saturated rings. The fourth-order valence-electron chi connectivity index (χ4n) is 3.01. The molecule has 2 heterocycles. The summed E-state index contributed by atoms with van der Waals surface area (Å²) in [7, 11) is 0. The lowest BCUT2D eigenvalue weighted by Gasteiger charge is -2.30. The number of carboxylic acids is 1. The molecule has 2 aromatic rings. The third-order valence-corrected chi connectivity index (χ3v) is 5.60. The number of rotatable bonds is 4. The zero-order valence-corrected chi connectivity index (χ0v) is 14.6. The van der Waals surface area contributed by atoms with Gasteiger partial charge >= 0.3 is 12.1 Å². The van der Waals surface area contributed by atoms with Crippen LogP contribution in [0.1, 0.15) is 29.8 Å². The van der Waals surface area contributed by atoms with Crippen molar-refractivity contribution in [3.05, 3.63) is 28.8 Å². The summed E-state index contributed by atoms with van der Waals surface area (Å²) in [6.07, 6.45) is -2.94. The van der Waals surface area contributed by atoms with Crippen molar-refractivity contribution in [3.63, 3.8) is 0 Å². The topological polar surface area (TPSA) is 70.5 Å². The van der Waals surface area contributed by atoms with Crippen molar-refractivity contribution in [3.8, 4) is 0 Å². The lowest BCUT2D eigenvalue weighted by Crippen LogP contribution is -2.40. The molecule has 1 N–H and O–H groups in total. The highest BCUT2D eigenvalue weighted by Gasteiger charge is 2.31. The van der Waals surface area contributed by atoms with Crippen LogP contribution in [0.5, 0.6) is 0 Å². The molecule has 140 valence electrons. The number of aryl methyl sites for hydroxylation is 1. The lowest BCUT2D eigenvalue weighted by atomic mass is 9.97. The minimum atomic E-state index is -4.41. The van der Waals surface area contributed by atoms with Gasteiger partial charge in [0.2, 0.25) is 5.91 Å². The number of hydrogen-bond donors (Lipinski definition) is 1. The first kappa shape index (κ1) is 18.6. The third-order valence-electron chi connectivity index (χ3n) is 4.51. The highest BCUT2D eigenvalue weighted by molar-refractivity contribution is 7.18. The fourth-order valence-corrected chi connectivity index (χ4v) is 3.95. The van der Waals surface area contributed by atoms with Crippen molar-refractivity contribution in [1.82, 2.24) is 9.88 Å². The van der Waals surface area contributed by atoms with Crippen LogP contribution in [0.25, 0.3) is 10.2 Å². The fraction of sp³-hybridized carbons (Fsp3) is 0.471. The lowest BCUT2D eigenvalue weighted by molar-refractivity contribution is -0.145. The molecule has 0 aliphatic carbocycles. The molecule has 3 rings (SSSR count). The van der Waals surface area contributed by atoms with Crippen molar-refractivity contribution < 1.29 is 27.9 Å². The van der Waals surface area contributed by atoms with Gasteiger partial charge in [-0.2, -0.15) is 13.2 Å². The monoisotopic (exact) mass is 386 g/mol. The first-order valence-corrected chi connectivity index (χ1v) is 9.03. The van der Waals surface area contributed by atoms with Crippen LogP contribution in [0.15, 0.2) is 18.2 Å². The predicted octanol–water partition coefficient (Wildman–Crippen LogP) is 3.57. The molecule has 5 nitrogen and oxygen atoms in total. The number of aliphatic carboxylic acids is 1. The van der Waals surface area contributed by atoms with Crippen LogP contribution in [-0.2, 0) is 22.2 Å². The Balaban J connectivity index is 1.59. The van der Waals surface area contributed by atoms with Gasteiger partial charge in [-0.05, 0) is 31.0 Å². The van der Waals surface area contributed by atoms with Crippen LogP contribution in [0, 0.1) is 5.92 Å². The average Bonchev–Trinajstić information content (AvgIpc) is 3.01. The van der Waals surface area contributed by atoms with Gasteiger partial charge < -0.3 is 10.0 Å². The van der Waals surface area contributed by atoms with Crippen molar-refractivity contribution in [2.75, 3.05) is 13.1 Å². The first-order valence-electron chi connectivity index (χ1n) is 8.21. The SMILES string of the molecule is O=C(O)C1CCN(C(=O)CCc2nc3cc(C(F)(F)F)ccc3s2)CC1. The van der Waals surface area contributed by atoms with Gasteiger partial charge in [0.05, 0.1) is 26.7 Å². The van der Waals surface area contributed by atoms with Gasteiger partial charge in [0.25, 0.3) is 0 Å². The number of amides is 1. The Kier molecular flexibility index (Phi) is 5.17. The zero-order chi connectivity index (χ0) is 18.9. The molecule has 0 unspecified atom stereocenters. The van der Waals surface area contributed by atoms with E-state index in [1.54, 1.807) is 4.90 Å². The van der Waals surface area contributed by atoms with E-state index >= 15 is 0 Å². The summed E-state index contributed by atoms with van der Waals surface area (Å²) in [6.45, 7) is 0.842. The van der Waals surface area contributed by atoms with Crippen molar-refractivity contribution >= 4 is 33.4 Å². The van der Waals surface area contributed by atoms with E-state index in [4.69, 9.17) is 5.11 Å². The van der Waals surface area contributed by atoms with E-state index in [9.17, 15) is 22.8 Å². The summed E-state index contributed by atoms with van der Waals surface area (Å²) < 4.78 is 38.9. The smallest absolute Gasteiger partial charge is 0.416 e. The molecule has 1 saturated heterocycles. The van der Waals surface area contributed by atoms with Gasteiger partial charge in [0.1, 0.15) is 0 Å². The van der Waals surface area contributed by atoms with E-state index in [1.807, 2.05) is 0 Å². The van der Waals surface area contributed by atoms with Crippen LogP contribution in [0.4, 0.5) is 13.2 Å². The number of nitrogens with zero attached hydrogens (tertiary/aromatic N) is 2.